The third-order valence-corrected chi connectivity index (χ3v) is 4.86. The zero-order chi connectivity index (χ0) is 18.4. The van der Waals surface area contributed by atoms with Gasteiger partial charge in [0.25, 0.3) is 0 Å². The monoisotopic (exact) mass is 353 g/mol. The molecule has 0 spiro atoms. The lowest BCUT2D eigenvalue weighted by Gasteiger charge is -2.22. The van der Waals surface area contributed by atoms with E-state index in [1.807, 2.05) is 55.6 Å². The Morgan fingerprint density at radius 3 is 2.69 bits per heavy atom. The molecule has 2 amide bonds. The number of nitrogens with one attached hydrogen (secondary N) is 1. The SMILES string of the molecule is COc1ccccc1N1CCC(CNC(=O)N(C)Cc2ccccc2)C1. The summed E-state index contributed by atoms with van der Waals surface area (Å²) in [4.78, 5) is 16.4. The molecule has 5 heteroatoms. The third kappa shape index (κ3) is 4.48. The fraction of sp³-hybridized carbons (Fsp3) is 0.381. The number of carbonyl (C=O) groups excluding carboxylic acids is 1. The van der Waals surface area contributed by atoms with Gasteiger partial charge in [-0.25, -0.2) is 4.79 Å². The summed E-state index contributed by atoms with van der Waals surface area (Å²) in [5.41, 5.74) is 2.26. The van der Waals surface area contributed by atoms with Gasteiger partial charge in [0.15, 0.2) is 0 Å². The maximum absolute atomic E-state index is 12.3. The van der Waals surface area contributed by atoms with E-state index in [4.69, 9.17) is 4.74 Å². The van der Waals surface area contributed by atoms with Crippen molar-refractivity contribution in [1.82, 2.24) is 10.2 Å². The first kappa shape index (κ1) is 18.1. The van der Waals surface area contributed by atoms with Crippen LogP contribution in [0.5, 0.6) is 5.75 Å². The maximum Gasteiger partial charge on any atom is 0.317 e. The Bertz CT molecular complexity index is 720. The first-order valence-electron chi connectivity index (χ1n) is 9.08. The van der Waals surface area contributed by atoms with Crippen LogP contribution in [-0.4, -0.2) is 44.7 Å². The van der Waals surface area contributed by atoms with Crippen LogP contribution in [0, 0.1) is 5.92 Å². The summed E-state index contributed by atoms with van der Waals surface area (Å²) < 4.78 is 5.46. The van der Waals surface area contributed by atoms with Crippen LogP contribution < -0.4 is 15.0 Å². The number of benzene rings is 2. The fourth-order valence-electron chi connectivity index (χ4n) is 3.40. The molecule has 3 rings (SSSR count). The minimum Gasteiger partial charge on any atom is -0.495 e. The Morgan fingerprint density at radius 1 is 1.19 bits per heavy atom. The average molecular weight is 353 g/mol. The number of ether oxygens (including phenoxy) is 1. The Hall–Kier alpha value is -2.69. The average Bonchev–Trinajstić information content (AvgIpc) is 3.15. The van der Waals surface area contributed by atoms with Crippen molar-refractivity contribution < 1.29 is 9.53 Å². The summed E-state index contributed by atoms with van der Waals surface area (Å²) in [6.07, 6.45) is 1.07. The molecule has 26 heavy (non-hydrogen) atoms. The Labute approximate surface area is 155 Å². The lowest BCUT2D eigenvalue weighted by Crippen LogP contribution is -2.39. The normalized spacial score (nSPS) is 16.4. The standard InChI is InChI=1S/C21H27N3O2/c1-23(15-17-8-4-3-5-9-17)21(25)22-14-18-12-13-24(16-18)19-10-6-7-11-20(19)26-2/h3-11,18H,12-16H2,1-2H3,(H,22,25). The van der Waals surface area contributed by atoms with Crippen LogP contribution >= 0.6 is 0 Å². The molecule has 1 aliphatic rings. The van der Waals surface area contributed by atoms with Crippen LogP contribution in [0.3, 0.4) is 0 Å². The summed E-state index contributed by atoms with van der Waals surface area (Å²) in [7, 11) is 3.54. The zero-order valence-corrected chi connectivity index (χ0v) is 15.5. The second kappa shape index (κ2) is 8.61. The molecule has 0 aromatic heterocycles. The van der Waals surface area contributed by atoms with Crippen molar-refractivity contribution in [2.45, 2.75) is 13.0 Å². The van der Waals surface area contributed by atoms with E-state index in [-0.39, 0.29) is 6.03 Å². The molecule has 2 aromatic rings. The first-order chi connectivity index (χ1) is 12.7. The smallest absolute Gasteiger partial charge is 0.317 e. The van der Waals surface area contributed by atoms with Crippen molar-refractivity contribution in [2.24, 2.45) is 5.92 Å². The van der Waals surface area contributed by atoms with Gasteiger partial charge in [-0.05, 0) is 30.0 Å². The predicted octanol–water partition coefficient (Wildman–Crippen LogP) is 3.36. The number of para-hydroxylation sites is 2. The second-order valence-corrected chi connectivity index (χ2v) is 6.80. The Balaban J connectivity index is 1.47. The summed E-state index contributed by atoms with van der Waals surface area (Å²) in [6, 6.07) is 18.1. The molecular weight excluding hydrogens is 326 g/mol. The molecule has 0 bridgehead atoms. The summed E-state index contributed by atoms with van der Waals surface area (Å²) in [5.74, 6) is 1.36. The molecule has 2 aromatic carbocycles. The van der Waals surface area contributed by atoms with Gasteiger partial charge in [0, 0.05) is 33.2 Å². The number of rotatable bonds is 6. The Kier molecular flexibility index (Phi) is 6.00. The maximum atomic E-state index is 12.3. The minimum atomic E-state index is -0.0235. The highest BCUT2D eigenvalue weighted by Gasteiger charge is 2.25. The van der Waals surface area contributed by atoms with Gasteiger partial charge in [-0.15, -0.1) is 0 Å². The molecule has 138 valence electrons. The molecule has 1 saturated heterocycles. The molecule has 1 atom stereocenters. The second-order valence-electron chi connectivity index (χ2n) is 6.80. The van der Waals surface area contributed by atoms with Gasteiger partial charge in [0.2, 0.25) is 0 Å². The molecule has 1 unspecified atom stereocenters. The quantitative estimate of drug-likeness (QED) is 0.866. The molecule has 1 N–H and O–H groups in total. The number of hydrogen-bond acceptors (Lipinski definition) is 3. The van der Waals surface area contributed by atoms with Crippen molar-refractivity contribution in [3.8, 4) is 5.75 Å². The predicted molar refractivity (Wildman–Crippen MR) is 105 cm³/mol. The van der Waals surface area contributed by atoms with E-state index in [9.17, 15) is 4.79 Å². The van der Waals surface area contributed by atoms with Crippen LogP contribution in [0.4, 0.5) is 10.5 Å². The number of anilines is 1. The highest BCUT2D eigenvalue weighted by Crippen LogP contribution is 2.31. The van der Waals surface area contributed by atoms with Crippen LogP contribution in [-0.2, 0) is 6.54 Å². The van der Waals surface area contributed by atoms with Gasteiger partial charge in [0.05, 0.1) is 12.8 Å². The van der Waals surface area contributed by atoms with Gasteiger partial charge in [-0.2, -0.15) is 0 Å². The number of methoxy groups -OCH3 is 1. The van der Waals surface area contributed by atoms with Gasteiger partial charge in [0.1, 0.15) is 5.75 Å². The van der Waals surface area contributed by atoms with E-state index in [1.54, 1.807) is 12.0 Å². The van der Waals surface area contributed by atoms with Crippen molar-refractivity contribution >= 4 is 11.7 Å². The van der Waals surface area contributed by atoms with Crippen LogP contribution in [0.1, 0.15) is 12.0 Å². The van der Waals surface area contributed by atoms with Gasteiger partial charge in [-0.3, -0.25) is 0 Å². The number of urea groups is 1. The van der Waals surface area contributed by atoms with Crippen molar-refractivity contribution in [3.63, 3.8) is 0 Å². The molecule has 1 aliphatic heterocycles. The van der Waals surface area contributed by atoms with Gasteiger partial charge >= 0.3 is 6.03 Å². The van der Waals surface area contributed by atoms with Crippen molar-refractivity contribution in [3.05, 3.63) is 60.2 Å². The van der Waals surface area contributed by atoms with E-state index < -0.39 is 0 Å². The topological polar surface area (TPSA) is 44.8 Å². The first-order valence-corrected chi connectivity index (χ1v) is 9.08. The van der Waals surface area contributed by atoms with E-state index in [0.29, 0.717) is 19.0 Å². The number of amides is 2. The molecule has 0 aliphatic carbocycles. The van der Waals surface area contributed by atoms with E-state index in [0.717, 1.165) is 36.5 Å². The minimum absolute atomic E-state index is 0.0235. The summed E-state index contributed by atoms with van der Waals surface area (Å²) in [6.45, 7) is 3.23. The van der Waals surface area contributed by atoms with Crippen molar-refractivity contribution in [1.29, 1.82) is 0 Å². The molecular formula is C21H27N3O2. The number of carbonyl (C=O) groups is 1. The van der Waals surface area contributed by atoms with Crippen molar-refractivity contribution in [2.75, 3.05) is 38.7 Å². The molecule has 5 nitrogen and oxygen atoms in total. The largest absolute Gasteiger partial charge is 0.495 e. The highest BCUT2D eigenvalue weighted by molar-refractivity contribution is 5.73. The number of nitrogens with zero attached hydrogens (tertiary/aromatic N) is 2. The molecule has 1 fully saturated rings. The zero-order valence-electron chi connectivity index (χ0n) is 15.5. The van der Waals surface area contributed by atoms with Crippen LogP contribution in [0.25, 0.3) is 0 Å². The van der Waals surface area contributed by atoms with E-state index in [2.05, 4.69) is 16.3 Å². The number of hydrogen-bond donors (Lipinski definition) is 1. The Morgan fingerprint density at radius 2 is 1.92 bits per heavy atom. The highest BCUT2D eigenvalue weighted by atomic mass is 16.5. The van der Waals surface area contributed by atoms with Gasteiger partial charge in [-0.1, -0.05) is 42.5 Å². The lowest BCUT2D eigenvalue weighted by molar-refractivity contribution is 0.205. The van der Waals surface area contributed by atoms with Gasteiger partial charge < -0.3 is 19.9 Å². The molecule has 1 heterocycles. The summed E-state index contributed by atoms with van der Waals surface area (Å²) >= 11 is 0. The third-order valence-electron chi connectivity index (χ3n) is 4.86. The van der Waals surface area contributed by atoms with E-state index >= 15 is 0 Å². The lowest BCUT2D eigenvalue weighted by atomic mass is 10.1. The van der Waals surface area contributed by atoms with Crippen LogP contribution in [0.15, 0.2) is 54.6 Å². The fourth-order valence-corrected chi connectivity index (χ4v) is 3.40. The van der Waals surface area contributed by atoms with Crippen LogP contribution in [0.2, 0.25) is 0 Å². The summed E-state index contributed by atoms with van der Waals surface area (Å²) in [5, 5.41) is 3.07. The van der Waals surface area contributed by atoms with E-state index in [1.165, 1.54) is 0 Å². The molecule has 0 radical (unpaired) electrons. The molecule has 0 saturated carbocycles.